The topological polar surface area (TPSA) is 21.6 Å². The molecule has 3 heteroatoms. The van der Waals surface area contributed by atoms with E-state index < -0.39 is 0 Å². The van der Waals surface area contributed by atoms with Gasteiger partial charge in [0.05, 0.1) is 6.04 Å². The molecule has 0 fully saturated rings. The van der Waals surface area contributed by atoms with Crippen molar-refractivity contribution in [1.82, 2.24) is 0 Å². The molecule has 2 atom stereocenters. The van der Waals surface area contributed by atoms with Crippen molar-refractivity contribution in [2.24, 2.45) is 4.99 Å². The summed E-state index contributed by atoms with van der Waals surface area (Å²) in [5, 5.41) is 0.808. The predicted octanol–water partition coefficient (Wildman–Crippen LogP) is 3.65. The summed E-state index contributed by atoms with van der Waals surface area (Å²) in [7, 11) is 0. The van der Waals surface area contributed by atoms with Gasteiger partial charge in [-0.1, -0.05) is 30.7 Å². The fourth-order valence-corrected chi connectivity index (χ4v) is 2.28. The third-order valence-electron chi connectivity index (χ3n) is 3.00. The van der Waals surface area contributed by atoms with E-state index >= 15 is 0 Å². The third kappa shape index (κ3) is 2.76. The Morgan fingerprint density at radius 2 is 2.44 bits per heavy atom. The molecule has 1 aromatic carbocycles. The Kier molecular flexibility index (Phi) is 3.83. The molecule has 2 nitrogen and oxygen atoms in total. The summed E-state index contributed by atoms with van der Waals surface area (Å²) >= 11 is 6.01. The first-order chi connectivity index (χ1) is 7.79. The molecule has 0 saturated heterocycles. The molecule has 2 unspecified atom stereocenters. The maximum Gasteiger partial charge on any atom is 0.169 e. The molecule has 1 aliphatic rings. The first-order valence-corrected chi connectivity index (χ1v) is 6.06. The summed E-state index contributed by atoms with van der Waals surface area (Å²) in [5.41, 5.74) is 1.30. The zero-order chi connectivity index (χ0) is 11.4. The SMILES string of the molecule is CCC(CC1COC=N1)c1cccc(Cl)c1. The standard InChI is InChI=1S/C13H16ClNO/c1-2-10(7-13-8-16-9-15-13)11-4-3-5-12(14)6-11/h3-6,9-10,13H,2,7-8H2,1H3. The highest BCUT2D eigenvalue weighted by molar-refractivity contribution is 6.30. The van der Waals surface area contributed by atoms with Crippen molar-refractivity contribution >= 4 is 18.0 Å². The lowest BCUT2D eigenvalue weighted by Gasteiger charge is -2.17. The maximum absolute atomic E-state index is 6.01. The van der Waals surface area contributed by atoms with E-state index in [0.29, 0.717) is 12.0 Å². The fraction of sp³-hybridized carbons (Fsp3) is 0.462. The van der Waals surface area contributed by atoms with E-state index in [2.05, 4.69) is 24.0 Å². The minimum Gasteiger partial charge on any atom is -0.481 e. The van der Waals surface area contributed by atoms with E-state index in [9.17, 15) is 0 Å². The van der Waals surface area contributed by atoms with Crippen LogP contribution in [0.15, 0.2) is 29.3 Å². The van der Waals surface area contributed by atoms with E-state index in [1.54, 1.807) is 6.40 Å². The van der Waals surface area contributed by atoms with Gasteiger partial charge in [-0.05, 0) is 36.5 Å². The average Bonchev–Trinajstić information content (AvgIpc) is 2.78. The van der Waals surface area contributed by atoms with Crippen LogP contribution in [0.5, 0.6) is 0 Å². The van der Waals surface area contributed by atoms with Crippen LogP contribution in [0.3, 0.4) is 0 Å². The second-order valence-corrected chi connectivity index (χ2v) is 4.57. The zero-order valence-corrected chi connectivity index (χ0v) is 10.2. The summed E-state index contributed by atoms with van der Waals surface area (Å²) in [6, 6.07) is 8.42. The quantitative estimate of drug-likeness (QED) is 0.783. The lowest BCUT2D eigenvalue weighted by atomic mass is 9.90. The van der Waals surface area contributed by atoms with Crippen molar-refractivity contribution in [2.75, 3.05) is 6.61 Å². The van der Waals surface area contributed by atoms with Crippen LogP contribution >= 0.6 is 11.6 Å². The van der Waals surface area contributed by atoms with E-state index in [-0.39, 0.29) is 0 Å². The monoisotopic (exact) mass is 237 g/mol. The van der Waals surface area contributed by atoms with E-state index in [4.69, 9.17) is 16.3 Å². The van der Waals surface area contributed by atoms with Crippen LogP contribution in [0.4, 0.5) is 0 Å². The molecule has 86 valence electrons. The van der Waals surface area contributed by atoms with Crippen LogP contribution in [-0.2, 0) is 4.74 Å². The van der Waals surface area contributed by atoms with Gasteiger partial charge in [-0.3, -0.25) is 4.99 Å². The number of benzene rings is 1. The van der Waals surface area contributed by atoms with Crippen molar-refractivity contribution in [3.05, 3.63) is 34.9 Å². The van der Waals surface area contributed by atoms with Crippen molar-refractivity contribution in [1.29, 1.82) is 0 Å². The number of nitrogens with zero attached hydrogens (tertiary/aromatic N) is 1. The summed E-state index contributed by atoms with van der Waals surface area (Å²) in [6.45, 7) is 2.92. The molecule has 0 saturated carbocycles. The molecule has 16 heavy (non-hydrogen) atoms. The highest BCUT2D eigenvalue weighted by Gasteiger charge is 2.18. The van der Waals surface area contributed by atoms with Gasteiger partial charge in [-0.25, -0.2) is 0 Å². The van der Waals surface area contributed by atoms with Crippen LogP contribution in [0.2, 0.25) is 5.02 Å². The molecule has 1 aliphatic heterocycles. The van der Waals surface area contributed by atoms with Crippen LogP contribution in [0.1, 0.15) is 31.2 Å². The molecule has 0 aromatic heterocycles. The van der Waals surface area contributed by atoms with Crippen molar-refractivity contribution in [3.8, 4) is 0 Å². The van der Waals surface area contributed by atoms with Gasteiger partial charge in [-0.15, -0.1) is 0 Å². The molecule has 1 heterocycles. The second-order valence-electron chi connectivity index (χ2n) is 4.14. The summed E-state index contributed by atoms with van der Waals surface area (Å²) in [4.78, 5) is 4.29. The lowest BCUT2D eigenvalue weighted by molar-refractivity contribution is 0.314. The molecular formula is C13H16ClNO. The number of aliphatic imine (C=N–C) groups is 1. The van der Waals surface area contributed by atoms with Gasteiger partial charge in [0.1, 0.15) is 6.61 Å². The number of hydrogen-bond donors (Lipinski definition) is 0. The van der Waals surface area contributed by atoms with Crippen molar-refractivity contribution in [2.45, 2.75) is 31.7 Å². The fourth-order valence-electron chi connectivity index (χ4n) is 2.08. The smallest absolute Gasteiger partial charge is 0.169 e. The van der Waals surface area contributed by atoms with Gasteiger partial charge >= 0.3 is 0 Å². The van der Waals surface area contributed by atoms with Crippen molar-refractivity contribution in [3.63, 3.8) is 0 Å². The Morgan fingerprint density at radius 1 is 1.56 bits per heavy atom. The first kappa shape index (κ1) is 11.5. The Labute approximate surface area is 101 Å². The number of halogens is 1. The molecule has 0 spiro atoms. The first-order valence-electron chi connectivity index (χ1n) is 5.68. The minimum atomic E-state index is 0.309. The summed E-state index contributed by atoms with van der Waals surface area (Å²) in [5.74, 6) is 0.516. The lowest BCUT2D eigenvalue weighted by Crippen LogP contribution is -2.12. The average molecular weight is 238 g/mol. The van der Waals surface area contributed by atoms with E-state index in [1.165, 1.54) is 5.56 Å². The van der Waals surface area contributed by atoms with Gasteiger partial charge in [0.25, 0.3) is 0 Å². The molecule has 0 radical (unpaired) electrons. The van der Waals surface area contributed by atoms with Gasteiger partial charge in [-0.2, -0.15) is 0 Å². The number of ether oxygens (including phenoxy) is 1. The van der Waals surface area contributed by atoms with Gasteiger partial charge in [0.15, 0.2) is 6.40 Å². The van der Waals surface area contributed by atoms with Crippen LogP contribution in [-0.4, -0.2) is 19.0 Å². The van der Waals surface area contributed by atoms with Gasteiger partial charge in [0, 0.05) is 5.02 Å². The molecule has 1 aromatic rings. The van der Waals surface area contributed by atoms with Crippen molar-refractivity contribution < 1.29 is 4.74 Å². The molecule has 0 N–H and O–H groups in total. The van der Waals surface area contributed by atoms with Gasteiger partial charge in [0.2, 0.25) is 0 Å². The zero-order valence-electron chi connectivity index (χ0n) is 9.40. The molecular weight excluding hydrogens is 222 g/mol. The summed E-state index contributed by atoms with van der Waals surface area (Å²) < 4.78 is 5.14. The highest BCUT2D eigenvalue weighted by Crippen LogP contribution is 2.28. The third-order valence-corrected chi connectivity index (χ3v) is 3.24. The molecule has 2 rings (SSSR count). The largest absolute Gasteiger partial charge is 0.481 e. The molecule has 0 aliphatic carbocycles. The summed E-state index contributed by atoms with van der Waals surface area (Å²) in [6.07, 6.45) is 3.70. The number of hydrogen-bond acceptors (Lipinski definition) is 2. The van der Waals surface area contributed by atoms with Gasteiger partial charge < -0.3 is 4.74 Å². The predicted molar refractivity (Wildman–Crippen MR) is 67.3 cm³/mol. The van der Waals surface area contributed by atoms with Crippen LogP contribution < -0.4 is 0 Å². The second kappa shape index (κ2) is 5.35. The highest BCUT2D eigenvalue weighted by atomic mass is 35.5. The Bertz CT molecular complexity index is 378. The molecule has 0 amide bonds. The normalized spacial score (nSPS) is 20.8. The maximum atomic E-state index is 6.01. The Balaban J connectivity index is 2.06. The Hall–Kier alpha value is -1.02. The number of rotatable bonds is 4. The minimum absolute atomic E-state index is 0.309. The molecule has 0 bridgehead atoms. The van der Waals surface area contributed by atoms with Crippen LogP contribution in [0, 0.1) is 0 Å². The van der Waals surface area contributed by atoms with Crippen LogP contribution in [0.25, 0.3) is 0 Å². The van der Waals surface area contributed by atoms with E-state index in [1.807, 2.05) is 12.1 Å². The Morgan fingerprint density at radius 3 is 3.06 bits per heavy atom. The van der Waals surface area contributed by atoms with E-state index in [0.717, 1.165) is 24.5 Å².